The molecule has 2 nitrogen and oxygen atoms in total. The van der Waals surface area contributed by atoms with E-state index in [9.17, 15) is 0 Å². The Kier molecular flexibility index (Phi) is 4.75. The molecule has 0 heterocycles. The van der Waals surface area contributed by atoms with E-state index in [2.05, 4.69) is 23.8 Å². The highest BCUT2D eigenvalue weighted by molar-refractivity contribution is 5.79. The standard InChI is InChI=1S/C9H18N2/c1-7(2)6-10-9(5)11-8(3)4/h6-7,9H,1-5H3. The monoisotopic (exact) mass is 154 g/mol. The van der Waals surface area contributed by atoms with Gasteiger partial charge in [-0.3, -0.25) is 9.98 Å². The van der Waals surface area contributed by atoms with E-state index in [0.717, 1.165) is 5.71 Å². The first-order valence-corrected chi connectivity index (χ1v) is 4.06. The zero-order chi connectivity index (χ0) is 8.85. The van der Waals surface area contributed by atoms with Gasteiger partial charge in [-0.25, -0.2) is 0 Å². The van der Waals surface area contributed by atoms with Gasteiger partial charge in [0, 0.05) is 11.9 Å². The van der Waals surface area contributed by atoms with Crippen LogP contribution < -0.4 is 0 Å². The summed E-state index contributed by atoms with van der Waals surface area (Å²) < 4.78 is 0. The van der Waals surface area contributed by atoms with Crippen LogP contribution >= 0.6 is 0 Å². The summed E-state index contributed by atoms with van der Waals surface area (Å²) >= 11 is 0. The van der Waals surface area contributed by atoms with Crippen LogP contribution in [0.1, 0.15) is 34.6 Å². The van der Waals surface area contributed by atoms with Crippen molar-refractivity contribution in [2.45, 2.75) is 40.8 Å². The molecule has 0 bridgehead atoms. The highest BCUT2D eigenvalue weighted by atomic mass is 15.0. The van der Waals surface area contributed by atoms with Crippen LogP contribution in [0.2, 0.25) is 0 Å². The average molecular weight is 154 g/mol. The van der Waals surface area contributed by atoms with E-state index < -0.39 is 0 Å². The van der Waals surface area contributed by atoms with E-state index in [-0.39, 0.29) is 6.17 Å². The molecule has 64 valence electrons. The fourth-order valence-electron chi connectivity index (χ4n) is 0.704. The van der Waals surface area contributed by atoms with Gasteiger partial charge in [-0.05, 0) is 26.7 Å². The zero-order valence-corrected chi connectivity index (χ0v) is 8.13. The fourth-order valence-corrected chi connectivity index (χ4v) is 0.704. The van der Waals surface area contributed by atoms with Crippen molar-refractivity contribution < 1.29 is 0 Å². The smallest absolute Gasteiger partial charge is 0.136 e. The second-order valence-corrected chi connectivity index (χ2v) is 3.25. The summed E-state index contributed by atoms with van der Waals surface area (Å²) in [5.74, 6) is 0.518. The van der Waals surface area contributed by atoms with E-state index in [0.29, 0.717) is 5.92 Å². The predicted octanol–water partition coefficient (Wildman–Crippen LogP) is 2.54. The highest BCUT2D eigenvalue weighted by Gasteiger charge is 1.92. The molecule has 0 spiro atoms. The Bertz CT molecular complexity index is 153. The van der Waals surface area contributed by atoms with Crippen LogP contribution in [-0.4, -0.2) is 18.1 Å². The summed E-state index contributed by atoms with van der Waals surface area (Å²) in [7, 11) is 0. The van der Waals surface area contributed by atoms with Gasteiger partial charge < -0.3 is 0 Å². The first-order valence-electron chi connectivity index (χ1n) is 4.06. The quantitative estimate of drug-likeness (QED) is 0.558. The Balaban J connectivity index is 3.87. The lowest BCUT2D eigenvalue weighted by Gasteiger charge is -2.00. The summed E-state index contributed by atoms with van der Waals surface area (Å²) in [5.41, 5.74) is 1.08. The Morgan fingerprint density at radius 3 is 2.09 bits per heavy atom. The molecule has 0 aliphatic carbocycles. The Morgan fingerprint density at radius 2 is 1.73 bits per heavy atom. The molecule has 0 rings (SSSR count). The third-order valence-corrected chi connectivity index (χ3v) is 1.04. The van der Waals surface area contributed by atoms with Gasteiger partial charge in [-0.2, -0.15) is 0 Å². The molecule has 1 atom stereocenters. The molecule has 11 heavy (non-hydrogen) atoms. The lowest BCUT2D eigenvalue weighted by atomic mass is 10.2. The first-order chi connectivity index (χ1) is 5.02. The topological polar surface area (TPSA) is 24.7 Å². The Morgan fingerprint density at radius 1 is 1.18 bits per heavy atom. The molecule has 0 amide bonds. The second-order valence-electron chi connectivity index (χ2n) is 3.25. The summed E-state index contributed by atoms with van der Waals surface area (Å²) in [6.07, 6.45) is 2.03. The largest absolute Gasteiger partial charge is 0.271 e. The van der Waals surface area contributed by atoms with Crippen molar-refractivity contribution in [2.75, 3.05) is 0 Å². The van der Waals surface area contributed by atoms with Crippen LogP contribution in [-0.2, 0) is 0 Å². The molecule has 1 unspecified atom stereocenters. The van der Waals surface area contributed by atoms with Gasteiger partial charge in [0.2, 0.25) is 0 Å². The van der Waals surface area contributed by atoms with E-state index in [1.165, 1.54) is 0 Å². The van der Waals surface area contributed by atoms with Gasteiger partial charge in [-0.1, -0.05) is 13.8 Å². The van der Waals surface area contributed by atoms with Gasteiger partial charge in [0.05, 0.1) is 0 Å². The second kappa shape index (κ2) is 5.05. The predicted molar refractivity (Wildman–Crippen MR) is 51.6 cm³/mol. The van der Waals surface area contributed by atoms with Crippen LogP contribution in [0.5, 0.6) is 0 Å². The summed E-state index contributed by atoms with van der Waals surface area (Å²) in [6, 6.07) is 0. The van der Waals surface area contributed by atoms with Gasteiger partial charge in [0.1, 0.15) is 6.17 Å². The van der Waals surface area contributed by atoms with Crippen LogP contribution in [0, 0.1) is 5.92 Å². The SMILES string of the molecule is CC(C)=NC(C)N=CC(C)C. The van der Waals surface area contributed by atoms with Gasteiger partial charge in [-0.15, -0.1) is 0 Å². The van der Waals surface area contributed by atoms with Gasteiger partial charge in [0.15, 0.2) is 0 Å². The van der Waals surface area contributed by atoms with E-state index in [4.69, 9.17) is 0 Å². The molecule has 2 heteroatoms. The van der Waals surface area contributed by atoms with Gasteiger partial charge in [0.25, 0.3) is 0 Å². The Hall–Kier alpha value is -0.660. The van der Waals surface area contributed by atoms with E-state index >= 15 is 0 Å². The third-order valence-electron chi connectivity index (χ3n) is 1.04. The molecule has 0 fully saturated rings. The molecule has 0 radical (unpaired) electrons. The minimum absolute atomic E-state index is 0.0856. The van der Waals surface area contributed by atoms with Crippen LogP contribution in [0.25, 0.3) is 0 Å². The highest BCUT2D eigenvalue weighted by Crippen LogP contribution is 1.94. The van der Waals surface area contributed by atoms with Crippen molar-refractivity contribution in [1.29, 1.82) is 0 Å². The van der Waals surface area contributed by atoms with E-state index in [1.807, 2.05) is 27.0 Å². The molecule has 0 aliphatic rings. The van der Waals surface area contributed by atoms with Crippen LogP contribution in [0.15, 0.2) is 9.98 Å². The summed E-state index contributed by atoms with van der Waals surface area (Å²) in [4.78, 5) is 8.52. The molecule has 0 N–H and O–H groups in total. The molecule has 0 aromatic heterocycles. The Labute approximate surface area is 69.4 Å². The molecule has 0 saturated heterocycles. The maximum Gasteiger partial charge on any atom is 0.136 e. The maximum absolute atomic E-state index is 4.27. The van der Waals surface area contributed by atoms with Crippen LogP contribution in [0.4, 0.5) is 0 Å². The first kappa shape index (κ1) is 10.3. The molecule has 0 aliphatic heterocycles. The van der Waals surface area contributed by atoms with Crippen molar-refractivity contribution in [2.24, 2.45) is 15.9 Å². The minimum atomic E-state index is 0.0856. The van der Waals surface area contributed by atoms with Crippen molar-refractivity contribution in [3.63, 3.8) is 0 Å². The third kappa shape index (κ3) is 7.23. The lowest BCUT2D eigenvalue weighted by molar-refractivity contribution is 0.779. The van der Waals surface area contributed by atoms with Crippen molar-refractivity contribution in [1.82, 2.24) is 0 Å². The molecule has 0 saturated carbocycles. The summed E-state index contributed by atoms with van der Waals surface area (Å²) in [6.45, 7) is 10.2. The number of nitrogens with zero attached hydrogens (tertiary/aromatic N) is 2. The zero-order valence-electron chi connectivity index (χ0n) is 8.13. The molecular weight excluding hydrogens is 136 g/mol. The number of hydrogen-bond acceptors (Lipinski definition) is 2. The summed E-state index contributed by atoms with van der Waals surface area (Å²) in [5, 5.41) is 0. The number of aliphatic imine (C=N–C) groups is 2. The molecule has 0 aromatic rings. The number of rotatable bonds is 3. The van der Waals surface area contributed by atoms with Crippen LogP contribution in [0.3, 0.4) is 0 Å². The van der Waals surface area contributed by atoms with Gasteiger partial charge >= 0.3 is 0 Å². The van der Waals surface area contributed by atoms with E-state index in [1.54, 1.807) is 0 Å². The minimum Gasteiger partial charge on any atom is -0.271 e. The number of hydrogen-bond donors (Lipinski definition) is 0. The molecule has 0 aromatic carbocycles. The molecular formula is C9H18N2. The average Bonchev–Trinajstić information content (AvgIpc) is 1.82. The van der Waals surface area contributed by atoms with Crippen molar-refractivity contribution >= 4 is 11.9 Å². The normalized spacial score (nSPS) is 14.0. The van der Waals surface area contributed by atoms with Crippen molar-refractivity contribution in [3.05, 3.63) is 0 Å². The fraction of sp³-hybridized carbons (Fsp3) is 0.778. The maximum atomic E-state index is 4.27. The lowest BCUT2D eigenvalue weighted by Crippen LogP contribution is -1.99. The van der Waals surface area contributed by atoms with Crippen molar-refractivity contribution in [3.8, 4) is 0 Å².